The normalized spacial score (nSPS) is 10.7. The minimum absolute atomic E-state index is 0.0735. The Bertz CT molecular complexity index is 414. The molecule has 102 valence electrons. The molecule has 0 aliphatic rings. The van der Waals surface area contributed by atoms with Gasteiger partial charge >= 0.3 is 0 Å². The highest BCUT2D eigenvalue weighted by Crippen LogP contribution is 2.22. The number of likely N-dealkylation sites (N-methyl/N-ethyl adjacent to an activating group) is 1. The molecule has 1 aromatic heterocycles. The summed E-state index contributed by atoms with van der Waals surface area (Å²) in [5.74, 6) is 0.0735. The van der Waals surface area contributed by atoms with Gasteiger partial charge in [-0.15, -0.1) is 0 Å². The van der Waals surface area contributed by atoms with Gasteiger partial charge in [-0.25, -0.2) is 0 Å². The lowest BCUT2D eigenvalue weighted by Crippen LogP contribution is -2.33. The molecule has 1 N–H and O–H groups in total. The Kier molecular flexibility index (Phi) is 5.81. The van der Waals surface area contributed by atoms with E-state index in [1.807, 2.05) is 4.68 Å². The van der Waals surface area contributed by atoms with E-state index in [4.69, 9.17) is 0 Å². The Balaban J connectivity index is 2.66. The fourth-order valence-electron chi connectivity index (χ4n) is 1.63. The van der Waals surface area contributed by atoms with E-state index in [0.717, 1.165) is 28.8 Å². The van der Waals surface area contributed by atoms with Crippen LogP contribution in [-0.4, -0.2) is 41.2 Å². The maximum Gasteiger partial charge on any atom is 0.236 e. The summed E-state index contributed by atoms with van der Waals surface area (Å²) in [7, 11) is 3.51. The number of rotatable bonds is 6. The van der Waals surface area contributed by atoms with Crippen LogP contribution in [0.15, 0.2) is 4.47 Å². The summed E-state index contributed by atoms with van der Waals surface area (Å²) in [6.45, 7) is 5.96. The van der Waals surface area contributed by atoms with Gasteiger partial charge in [0.2, 0.25) is 5.91 Å². The molecule has 0 unspecified atom stereocenters. The van der Waals surface area contributed by atoms with Crippen LogP contribution in [0.3, 0.4) is 0 Å². The highest BCUT2D eigenvalue weighted by Gasteiger charge is 2.13. The molecule has 0 radical (unpaired) electrons. The maximum atomic E-state index is 11.5. The number of halogens is 1. The fourth-order valence-corrected chi connectivity index (χ4v) is 2.34. The Labute approximate surface area is 117 Å². The summed E-state index contributed by atoms with van der Waals surface area (Å²) >= 11 is 3.58. The van der Waals surface area contributed by atoms with Crippen molar-refractivity contribution >= 4 is 21.8 Å². The molecule has 0 spiro atoms. The highest BCUT2D eigenvalue weighted by molar-refractivity contribution is 9.10. The Hall–Kier alpha value is -0.880. The van der Waals surface area contributed by atoms with Crippen LogP contribution in [-0.2, 0) is 24.3 Å². The standard InChI is InChI=1S/C12H21BrN4O/c1-5-9-12(13)10(17(6-2)15-9)7-14-8-11(18)16(3)4/h14H,5-8H2,1-4H3. The van der Waals surface area contributed by atoms with E-state index in [1.165, 1.54) is 0 Å². The van der Waals surface area contributed by atoms with Crippen molar-refractivity contribution in [3.8, 4) is 0 Å². The van der Waals surface area contributed by atoms with Gasteiger partial charge < -0.3 is 10.2 Å². The quantitative estimate of drug-likeness (QED) is 0.863. The number of carbonyl (C=O) groups is 1. The monoisotopic (exact) mass is 316 g/mol. The minimum Gasteiger partial charge on any atom is -0.348 e. The molecule has 6 heteroatoms. The lowest BCUT2D eigenvalue weighted by molar-refractivity contribution is -0.127. The summed E-state index contributed by atoms with van der Waals surface area (Å²) in [6.07, 6.45) is 0.900. The molecule has 1 amide bonds. The largest absolute Gasteiger partial charge is 0.348 e. The molecule has 5 nitrogen and oxygen atoms in total. The maximum absolute atomic E-state index is 11.5. The summed E-state index contributed by atoms with van der Waals surface area (Å²) < 4.78 is 3.02. The first-order chi connectivity index (χ1) is 8.51. The number of nitrogens with zero attached hydrogens (tertiary/aromatic N) is 3. The Morgan fingerprint density at radius 3 is 2.61 bits per heavy atom. The minimum atomic E-state index is 0.0735. The van der Waals surface area contributed by atoms with Crippen molar-refractivity contribution in [1.29, 1.82) is 0 Å². The van der Waals surface area contributed by atoms with Crippen LogP contribution >= 0.6 is 15.9 Å². The zero-order valence-corrected chi connectivity index (χ0v) is 13.0. The van der Waals surface area contributed by atoms with Crippen molar-refractivity contribution in [2.45, 2.75) is 33.4 Å². The number of aryl methyl sites for hydroxylation is 2. The molecule has 1 aromatic rings. The van der Waals surface area contributed by atoms with Gasteiger partial charge in [-0.1, -0.05) is 6.92 Å². The molecule has 0 aliphatic heterocycles. The summed E-state index contributed by atoms with van der Waals surface area (Å²) in [5, 5.41) is 7.67. The highest BCUT2D eigenvalue weighted by atomic mass is 79.9. The number of aromatic nitrogens is 2. The van der Waals surface area contributed by atoms with Crippen molar-refractivity contribution in [2.24, 2.45) is 0 Å². The third-order valence-electron chi connectivity index (χ3n) is 2.76. The number of amides is 1. The lowest BCUT2D eigenvalue weighted by atomic mass is 10.3. The van der Waals surface area contributed by atoms with Crippen molar-refractivity contribution < 1.29 is 4.79 Å². The first kappa shape index (κ1) is 15.2. The van der Waals surface area contributed by atoms with Gasteiger partial charge in [-0.2, -0.15) is 5.10 Å². The molecule has 0 bridgehead atoms. The molecule has 0 aliphatic carbocycles. The topological polar surface area (TPSA) is 50.2 Å². The number of nitrogens with one attached hydrogen (secondary N) is 1. The van der Waals surface area contributed by atoms with Crippen LogP contribution in [0.25, 0.3) is 0 Å². The third kappa shape index (κ3) is 3.55. The van der Waals surface area contributed by atoms with Crippen LogP contribution < -0.4 is 5.32 Å². The Morgan fingerprint density at radius 2 is 2.11 bits per heavy atom. The molecule has 0 saturated heterocycles. The molecule has 18 heavy (non-hydrogen) atoms. The second-order valence-electron chi connectivity index (χ2n) is 4.27. The van der Waals surface area contributed by atoms with Crippen LogP contribution in [0.5, 0.6) is 0 Å². The number of carbonyl (C=O) groups excluding carboxylic acids is 1. The van der Waals surface area contributed by atoms with Gasteiger partial charge in [-0.05, 0) is 29.3 Å². The predicted octanol–water partition coefficient (Wildman–Crippen LogP) is 1.41. The zero-order chi connectivity index (χ0) is 13.7. The van der Waals surface area contributed by atoms with Gasteiger partial charge in [0.1, 0.15) is 0 Å². The summed E-state index contributed by atoms with van der Waals surface area (Å²) in [6, 6.07) is 0. The molecule has 1 heterocycles. The first-order valence-corrected chi connectivity index (χ1v) is 6.95. The van der Waals surface area contributed by atoms with Gasteiger partial charge in [0.15, 0.2) is 0 Å². The van der Waals surface area contributed by atoms with Crippen LogP contribution in [0.1, 0.15) is 25.2 Å². The Morgan fingerprint density at radius 1 is 1.44 bits per heavy atom. The van der Waals surface area contributed by atoms with E-state index in [-0.39, 0.29) is 5.91 Å². The third-order valence-corrected chi connectivity index (χ3v) is 3.68. The second kappa shape index (κ2) is 6.89. The van der Waals surface area contributed by atoms with Gasteiger partial charge in [-0.3, -0.25) is 9.48 Å². The van der Waals surface area contributed by atoms with E-state index >= 15 is 0 Å². The molecule has 0 saturated carbocycles. The smallest absolute Gasteiger partial charge is 0.236 e. The molecule has 0 aromatic carbocycles. The van der Waals surface area contributed by atoms with Crippen molar-refractivity contribution in [1.82, 2.24) is 20.0 Å². The van der Waals surface area contributed by atoms with Crippen molar-refractivity contribution in [3.63, 3.8) is 0 Å². The molecular weight excluding hydrogens is 296 g/mol. The van der Waals surface area contributed by atoms with E-state index in [1.54, 1.807) is 19.0 Å². The average molecular weight is 317 g/mol. The van der Waals surface area contributed by atoms with Crippen molar-refractivity contribution in [2.75, 3.05) is 20.6 Å². The number of hydrogen-bond donors (Lipinski definition) is 1. The van der Waals surface area contributed by atoms with E-state index in [2.05, 4.69) is 40.2 Å². The molecule has 0 atom stereocenters. The van der Waals surface area contributed by atoms with Crippen LogP contribution in [0, 0.1) is 0 Å². The van der Waals surface area contributed by atoms with E-state index in [0.29, 0.717) is 13.1 Å². The first-order valence-electron chi connectivity index (χ1n) is 6.16. The summed E-state index contributed by atoms with van der Waals surface area (Å²) in [5.41, 5.74) is 2.16. The summed E-state index contributed by atoms with van der Waals surface area (Å²) in [4.78, 5) is 13.0. The molecule has 1 rings (SSSR count). The molecular formula is C12H21BrN4O. The molecule has 0 fully saturated rings. The lowest BCUT2D eigenvalue weighted by Gasteiger charge is -2.11. The number of hydrogen-bond acceptors (Lipinski definition) is 3. The van der Waals surface area contributed by atoms with Gasteiger partial charge in [0, 0.05) is 27.2 Å². The second-order valence-corrected chi connectivity index (χ2v) is 5.06. The predicted molar refractivity (Wildman–Crippen MR) is 75.4 cm³/mol. The SMILES string of the molecule is CCc1nn(CC)c(CNCC(=O)N(C)C)c1Br. The van der Waals surface area contributed by atoms with Gasteiger partial charge in [0.25, 0.3) is 0 Å². The van der Waals surface area contributed by atoms with Crippen LogP contribution in [0.4, 0.5) is 0 Å². The van der Waals surface area contributed by atoms with Crippen LogP contribution in [0.2, 0.25) is 0 Å². The van der Waals surface area contributed by atoms with Gasteiger partial charge in [0.05, 0.1) is 22.4 Å². The average Bonchev–Trinajstić information content (AvgIpc) is 2.65. The fraction of sp³-hybridized carbons (Fsp3) is 0.667. The van der Waals surface area contributed by atoms with E-state index < -0.39 is 0 Å². The zero-order valence-electron chi connectivity index (χ0n) is 11.5. The van der Waals surface area contributed by atoms with Crippen molar-refractivity contribution in [3.05, 3.63) is 15.9 Å². The van der Waals surface area contributed by atoms with E-state index in [9.17, 15) is 4.79 Å².